The van der Waals surface area contributed by atoms with Gasteiger partial charge < -0.3 is 18.0 Å². The average molecular weight is 256 g/mol. The van der Waals surface area contributed by atoms with Crippen LogP contribution in [0.4, 0.5) is 0 Å². The summed E-state index contributed by atoms with van der Waals surface area (Å²) in [5.74, 6) is -0.550. The van der Waals surface area contributed by atoms with Gasteiger partial charge in [0.15, 0.2) is 0 Å². The molecule has 0 aliphatic rings. The van der Waals surface area contributed by atoms with Crippen LogP contribution in [-0.2, 0) is 33.5 Å². The predicted molar refractivity (Wildman–Crippen MR) is 55.9 cm³/mol. The van der Waals surface area contributed by atoms with E-state index in [9.17, 15) is 9.00 Å². The van der Waals surface area contributed by atoms with Crippen LogP contribution in [-0.4, -0.2) is 31.5 Å². The van der Waals surface area contributed by atoms with Crippen molar-refractivity contribution in [3.63, 3.8) is 0 Å². The van der Waals surface area contributed by atoms with Crippen LogP contribution in [0.25, 0.3) is 0 Å². The number of carbonyl (C=O) groups excluding carboxylic acids is 1. The van der Waals surface area contributed by atoms with Gasteiger partial charge >= 0.3 is 13.5 Å². The number of rotatable bonds is 6. The van der Waals surface area contributed by atoms with E-state index < -0.39 is 24.2 Å². The molecule has 0 aromatic rings. The molecule has 0 amide bonds. The molecule has 0 aromatic heterocycles. The Balaban J connectivity index is 4.25. The Morgan fingerprint density at radius 1 is 1.27 bits per heavy atom. The molecule has 0 radical (unpaired) electrons. The minimum absolute atomic E-state index is 0.202. The van der Waals surface area contributed by atoms with Crippen molar-refractivity contribution in [3.05, 3.63) is 11.8 Å². The first-order chi connectivity index (χ1) is 7.06. The molecule has 0 bridgehead atoms. The van der Waals surface area contributed by atoms with Gasteiger partial charge in [0.2, 0.25) is 0 Å². The summed E-state index contributed by atoms with van der Waals surface area (Å²) < 4.78 is 30.0. The van der Waals surface area contributed by atoms with Crippen molar-refractivity contribution in [1.82, 2.24) is 0 Å². The fourth-order valence-electron chi connectivity index (χ4n) is 0.554. The monoisotopic (exact) mass is 256 g/mol. The molecule has 88 valence electrons. The molecule has 0 heterocycles. The van der Waals surface area contributed by atoms with Crippen LogP contribution >= 0.6 is 7.58 Å². The Morgan fingerprint density at radius 3 is 2.20 bits per heavy atom. The highest BCUT2D eigenvalue weighted by atomic mass is 32.8. The van der Waals surface area contributed by atoms with E-state index in [1.807, 2.05) is 0 Å². The quantitative estimate of drug-likeness (QED) is 0.308. The molecule has 6 nitrogen and oxygen atoms in total. The zero-order valence-corrected chi connectivity index (χ0v) is 10.6. The van der Waals surface area contributed by atoms with E-state index in [-0.39, 0.29) is 5.57 Å². The second-order valence-electron chi connectivity index (χ2n) is 2.19. The van der Waals surface area contributed by atoms with Crippen molar-refractivity contribution in [2.45, 2.75) is 6.92 Å². The zero-order valence-electron chi connectivity index (χ0n) is 8.88. The van der Waals surface area contributed by atoms with Crippen LogP contribution < -0.4 is 0 Å². The smallest absolute Gasteiger partial charge is 0.336 e. The summed E-state index contributed by atoms with van der Waals surface area (Å²) >= 11 is 0. The normalized spacial score (nSPS) is 13.8. The lowest BCUT2D eigenvalue weighted by atomic mass is 10.3. The second kappa shape index (κ2) is 7.76. The highest BCUT2D eigenvalue weighted by Gasteiger charge is 2.18. The second-order valence-corrected chi connectivity index (χ2v) is 5.79. The Labute approximate surface area is 91.9 Å². The first-order valence-electron chi connectivity index (χ1n) is 3.79. The van der Waals surface area contributed by atoms with Gasteiger partial charge in [-0.3, -0.25) is 0 Å². The van der Waals surface area contributed by atoms with Crippen LogP contribution in [0.15, 0.2) is 11.8 Å². The minimum atomic E-state index is -1.76. The number of ether oxygens (including phenoxy) is 1. The molecular formula is C7H13O6PS. The summed E-state index contributed by atoms with van der Waals surface area (Å²) in [7, 11) is 0.574. The molecule has 0 fully saturated rings. The summed E-state index contributed by atoms with van der Waals surface area (Å²) in [4.78, 5) is 10.9. The van der Waals surface area contributed by atoms with Crippen LogP contribution in [0.1, 0.15) is 6.92 Å². The molecule has 0 rings (SSSR count). The first-order valence-corrected chi connectivity index (χ1v) is 6.65. The topological polar surface area (TPSA) is 71.1 Å². The third kappa shape index (κ3) is 5.22. The predicted octanol–water partition coefficient (Wildman–Crippen LogP) is 1.26. The number of hydrogen-bond acceptors (Lipinski definition) is 6. The lowest BCUT2D eigenvalue weighted by Crippen LogP contribution is -2.02. The molecule has 0 saturated carbocycles. The van der Waals surface area contributed by atoms with Gasteiger partial charge in [0.1, 0.15) is 6.26 Å². The van der Waals surface area contributed by atoms with E-state index in [0.29, 0.717) is 0 Å². The molecule has 0 aromatic carbocycles. The van der Waals surface area contributed by atoms with Crippen molar-refractivity contribution < 1.29 is 27.0 Å². The van der Waals surface area contributed by atoms with Crippen LogP contribution in [0, 0.1) is 0 Å². The maximum absolute atomic E-state index is 11.3. The summed E-state index contributed by atoms with van der Waals surface area (Å²) in [6.07, 6.45) is 1.05. The largest absolute Gasteiger partial charge is 0.466 e. The van der Waals surface area contributed by atoms with Gasteiger partial charge in [0.25, 0.3) is 10.7 Å². The van der Waals surface area contributed by atoms with Gasteiger partial charge in [-0.25, -0.2) is 9.00 Å². The molecule has 15 heavy (non-hydrogen) atoms. The van der Waals surface area contributed by atoms with Crippen molar-refractivity contribution in [1.29, 1.82) is 0 Å². The van der Waals surface area contributed by atoms with E-state index in [0.717, 1.165) is 6.26 Å². The zero-order chi connectivity index (χ0) is 11.8. The van der Waals surface area contributed by atoms with Crippen molar-refractivity contribution in [2.75, 3.05) is 21.3 Å². The maximum Gasteiger partial charge on any atom is 0.336 e. The summed E-state index contributed by atoms with van der Waals surface area (Å²) in [5.41, 5.74) is 0.202. The lowest BCUT2D eigenvalue weighted by molar-refractivity contribution is -0.136. The number of esters is 1. The third-order valence-corrected chi connectivity index (χ3v) is 4.22. The molecule has 1 unspecified atom stereocenters. The van der Waals surface area contributed by atoms with Crippen molar-refractivity contribution in [3.8, 4) is 0 Å². The van der Waals surface area contributed by atoms with Crippen molar-refractivity contribution >= 4 is 24.2 Å². The van der Waals surface area contributed by atoms with E-state index in [2.05, 4.69) is 4.74 Å². The van der Waals surface area contributed by atoms with E-state index >= 15 is 0 Å². The van der Waals surface area contributed by atoms with Gasteiger partial charge in [-0.2, -0.15) is 0 Å². The number of methoxy groups -OCH3 is 1. The van der Waals surface area contributed by atoms with Crippen molar-refractivity contribution in [2.24, 2.45) is 0 Å². The standard InChI is InChI=1S/C7H13O6PS/c1-6(7(8)10-2)5-13-15(9)14(11-3)12-4/h5H,1-4H3/b6-5+. The molecule has 1 atom stereocenters. The van der Waals surface area contributed by atoms with Gasteiger partial charge in [-0.05, 0) is 6.92 Å². The summed E-state index contributed by atoms with van der Waals surface area (Å²) in [6.45, 7) is 1.48. The molecule has 0 aliphatic heterocycles. The van der Waals surface area contributed by atoms with Crippen LogP contribution in [0.2, 0.25) is 0 Å². The van der Waals surface area contributed by atoms with Gasteiger partial charge in [-0.15, -0.1) is 0 Å². The molecule has 0 N–H and O–H groups in total. The van der Waals surface area contributed by atoms with Crippen LogP contribution in [0.5, 0.6) is 0 Å². The number of hydrogen-bond donors (Lipinski definition) is 0. The Bertz CT molecular complexity index is 262. The molecule has 0 aliphatic carbocycles. The van der Waals surface area contributed by atoms with Gasteiger partial charge in [0.05, 0.1) is 12.7 Å². The Morgan fingerprint density at radius 2 is 1.80 bits per heavy atom. The highest BCUT2D eigenvalue weighted by molar-refractivity contribution is 8.40. The van der Waals surface area contributed by atoms with E-state index in [4.69, 9.17) is 13.2 Å². The Hall–Kier alpha value is -0.490. The molecule has 8 heteroatoms. The fourth-order valence-corrected chi connectivity index (χ4v) is 2.31. The Kier molecular flexibility index (Phi) is 7.50. The fraction of sp³-hybridized carbons (Fsp3) is 0.571. The van der Waals surface area contributed by atoms with E-state index in [1.54, 1.807) is 0 Å². The minimum Gasteiger partial charge on any atom is -0.466 e. The van der Waals surface area contributed by atoms with E-state index in [1.165, 1.54) is 28.3 Å². The highest BCUT2D eigenvalue weighted by Crippen LogP contribution is 2.41. The molecule has 0 spiro atoms. The van der Waals surface area contributed by atoms with Crippen LogP contribution in [0.3, 0.4) is 0 Å². The molecule has 0 saturated heterocycles. The SMILES string of the molecule is COC(=O)/C(C)=C/OS(=O)P(OC)OC. The summed E-state index contributed by atoms with van der Waals surface area (Å²) in [6, 6.07) is 0. The third-order valence-electron chi connectivity index (χ3n) is 1.23. The summed E-state index contributed by atoms with van der Waals surface area (Å²) in [5, 5.41) is 0. The van der Waals surface area contributed by atoms with Gasteiger partial charge in [-0.1, -0.05) is 0 Å². The molecular weight excluding hydrogens is 243 g/mol. The first kappa shape index (κ1) is 14.5. The van der Waals surface area contributed by atoms with Gasteiger partial charge in [0, 0.05) is 14.2 Å². The maximum atomic E-state index is 11.3. The average Bonchev–Trinajstić information content (AvgIpc) is 2.26. The number of carbonyl (C=O) groups is 1. The lowest BCUT2D eigenvalue weighted by Gasteiger charge is -2.08.